The van der Waals surface area contributed by atoms with Crippen molar-refractivity contribution in [3.05, 3.63) is 53.1 Å². The molecule has 0 N–H and O–H groups in total. The lowest BCUT2D eigenvalue weighted by Gasteiger charge is -2.16. The fraction of sp³-hybridized carbons (Fsp3) is 0.176. The average molecular weight is 377 g/mol. The minimum atomic E-state index is -4.08. The van der Waals surface area contributed by atoms with Crippen LogP contribution >= 0.6 is 11.6 Å². The Balaban J connectivity index is 1.83. The minimum absolute atomic E-state index is 0.0243. The molecule has 2 aromatic rings. The molecule has 8 heteroatoms. The summed E-state index contributed by atoms with van der Waals surface area (Å²) < 4.78 is 29.8. The van der Waals surface area contributed by atoms with E-state index in [9.17, 15) is 13.2 Å². The molecule has 3 rings (SSSR count). The molecular formula is C17H13ClN2O4S. The van der Waals surface area contributed by atoms with Crippen molar-refractivity contribution in [1.82, 2.24) is 0 Å². The summed E-state index contributed by atoms with van der Waals surface area (Å²) in [5.74, 6) is -0.0318. The van der Waals surface area contributed by atoms with E-state index in [4.69, 9.17) is 21.0 Å². The van der Waals surface area contributed by atoms with Gasteiger partial charge in [-0.15, -0.1) is 0 Å². The summed E-state index contributed by atoms with van der Waals surface area (Å²) in [6.45, 7) is 0.627. The van der Waals surface area contributed by atoms with Gasteiger partial charge in [0, 0.05) is 18.7 Å². The Kier molecular flexibility index (Phi) is 4.66. The first-order chi connectivity index (χ1) is 11.9. The van der Waals surface area contributed by atoms with Crippen molar-refractivity contribution in [3.8, 4) is 11.8 Å². The highest BCUT2D eigenvalue weighted by Gasteiger charge is 2.23. The molecule has 0 radical (unpaired) electrons. The van der Waals surface area contributed by atoms with Crippen LogP contribution in [0, 0.1) is 11.3 Å². The van der Waals surface area contributed by atoms with Gasteiger partial charge in [-0.1, -0.05) is 11.6 Å². The topological polar surface area (TPSA) is 87.5 Å². The molecule has 1 saturated heterocycles. The summed E-state index contributed by atoms with van der Waals surface area (Å²) in [6.07, 6.45) is 1.29. The lowest BCUT2D eigenvalue weighted by Crippen LogP contribution is -2.23. The van der Waals surface area contributed by atoms with Crippen molar-refractivity contribution in [1.29, 1.82) is 5.26 Å². The van der Waals surface area contributed by atoms with Crippen molar-refractivity contribution >= 4 is 33.3 Å². The molecule has 0 saturated carbocycles. The molecule has 6 nitrogen and oxygen atoms in total. The second-order valence-corrected chi connectivity index (χ2v) is 7.39. The molecule has 1 amide bonds. The number of nitriles is 1. The van der Waals surface area contributed by atoms with Crippen molar-refractivity contribution in [2.24, 2.45) is 0 Å². The zero-order valence-corrected chi connectivity index (χ0v) is 14.5. The predicted molar refractivity (Wildman–Crippen MR) is 92.0 cm³/mol. The number of hydrogen-bond donors (Lipinski definition) is 0. The number of anilines is 1. The molecular weight excluding hydrogens is 364 g/mol. The van der Waals surface area contributed by atoms with Gasteiger partial charge in [-0.3, -0.25) is 4.79 Å². The van der Waals surface area contributed by atoms with Crippen molar-refractivity contribution in [2.75, 3.05) is 11.4 Å². The first-order valence-electron chi connectivity index (χ1n) is 7.45. The zero-order valence-electron chi connectivity index (χ0n) is 13.0. The fourth-order valence-corrected chi connectivity index (χ4v) is 3.73. The van der Waals surface area contributed by atoms with Crippen LogP contribution in [-0.2, 0) is 14.9 Å². The van der Waals surface area contributed by atoms with Crippen LogP contribution in [0.15, 0.2) is 47.4 Å². The molecule has 1 heterocycles. The number of amides is 1. The molecule has 0 spiro atoms. The maximum Gasteiger partial charge on any atom is 0.339 e. The third-order valence-corrected chi connectivity index (χ3v) is 5.31. The van der Waals surface area contributed by atoms with Gasteiger partial charge in [-0.25, -0.2) is 0 Å². The largest absolute Gasteiger partial charge is 0.377 e. The highest BCUT2D eigenvalue weighted by Crippen LogP contribution is 2.29. The van der Waals surface area contributed by atoms with Crippen LogP contribution in [0.25, 0.3) is 0 Å². The number of hydrogen-bond acceptors (Lipinski definition) is 5. The second-order valence-electron chi connectivity index (χ2n) is 5.44. The molecule has 0 atom stereocenters. The quantitative estimate of drug-likeness (QED) is 0.765. The SMILES string of the molecule is N#Cc1ccc(OS(=O)(=O)c2ccc(N3CCCC3=O)cc2)c(Cl)c1. The second kappa shape index (κ2) is 6.75. The van der Waals surface area contributed by atoms with Crippen LogP contribution in [0.2, 0.25) is 5.02 Å². The number of benzene rings is 2. The Morgan fingerprint density at radius 2 is 1.88 bits per heavy atom. The number of nitrogens with zero attached hydrogens (tertiary/aromatic N) is 2. The van der Waals surface area contributed by atoms with E-state index in [0.717, 1.165) is 6.42 Å². The van der Waals surface area contributed by atoms with E-state index in [1.165, 1.54) is 30.3 Å². The van der Waals surface area contributed by atoms with E-state index in [2.05, 4.69) is 0 Å². The maximum absolute atomic E-state index is 12.4. The van der Waals surface area contributed by atoms with Gasteiger partial charge in [0.2, 0.25) is 5.91 Å². The molecule has 128 valence electrons. The summed E-state index contributed by atoms with van der Waals surface area (Å²) in [6, 6.07) is 11.9. The Morgan fingerprint density at radius 1 is 1.16 bits per heavy atom. The Labute approximate surface area is 150 Å². The van der Waals surface area contributed by atoms with E-state index >= 15 is 0 Å². The number of halogens is 1. The Bertz CT molecular complexity index is 965. The van der Waals surface area contributed by atoms with Crippen LogP contribution in [0.3, 0.4) is 0 Å². The van der Waals surface area contributed by atoms with Gasteiger partial charge in [-0.05, 0) is 48.9 Å². The summed E-state index contributed by atoms with van der Waals surface area (Å²) in [5, 5.41) is 8.83. The van der Waals surface area contributed by atoms with Crippen LogP contribution in [0.5, 0.6) is 5.75 Å². The number of carbonyl (C=O) groups excluding carboxylic acids is 1. The van der Waals surface area contributed by atoms with Gasteiger partial charge >= 0.3 is 10.1 Å². The Hall–Kier alpha value is -2.56. The van der Waals surface area contributed by atoms with E-state index in [1.807, 2.05) is 6.07 Å². The molecule has 0 bridgehead atoms. The minimum Gasteiger partial charge on any atom is -0.377 e. The fourth-order valence-electron chi connectivity index (χ4n) is 2.52. The monoisotopic (exact) mass is 376 g/mol. The van der Waals surface area contributed by atoms with Gasteiger partial charge in [-0.2, -0.15) is 13.7 Å². The third-order valence-electron chi connectivity index (χ3n) is 3.77. The third kappa shape index (κ3) is 3.60. The normalized spacial score (nSPS) is 14.4. The van der Waals surface area contributed by atoms with E-state index in [1.54, 1.807) is 17.0 Å². The van der Waals surface area contributed by atoms with Gasteiger partial charge in [0.25, 0.3) is 0 Å². The van der Waals surface area contributed by atoms with E-state index < -0.39 is 10.1 Å². The molecule has 2 aromatic carbocycles. The summed E-state index contributed by atoms with van der Waals surface area (Å²) in [5.41, 5.74) is 0.951. The Morgan fingerprint density at radius 3 is 2.44 bits per heavy atom. The standard InChI is InChI=1S/C17H13ClN2O4S/c18-15-10-12(11-19)3-8-16(15)24-25(22,23)14-6-4-13(5-7-14)20-9-1-2-17(20)21/h3-8,10H,1-2,9H2. The van der Waals surface area contributed by atoms with Gasteiger partial charge in [0.15, 0.2) is 5.75 Å². The van der Waals surface area contributed by atoms with Crippen LogP contribution in [-0.4, -0.2) is 20.9 Å². The average Bonchev–Trinajstić information content (AvgIpc) is 3.02. The first kappa shape index (κ1) is 17.3. The smallest absolute Gasteiger partial charge is 0.339 e. The number of rotatable bonds is 4. The molecule has 0 unspecified atom stereocenters. The van der Waals surface area contributed by atoms with Crippen LogP contribution < -0.4 is 9.08 Å². The van der Waals surface area contributed by atoms with Crippen molar-refractivity contribution in [2.45, 2.75) is 17.7 Å². The first-order valence-corrected chi connectivity index (χ1v) is 9.24. The van der Waals surface area contributed by atoms with Gasteiger partial charge in [0.1, 0.15) is 4.90 Å². The maximum atomic E-state index is 12.4. The van der Waals surface area contributed by atoms with E-state index in [0.29, 0.717) is 24.2 Å². The van der Waals surface area contributed by atoms with E-state index in [-0.39, 0.29) is 21.6 Å². The van der Waals surface area contributed by atoms with Crippen LogP contribution in [0.1, 0.15) is 18.4 Å². The highest BCUT2D eigenvalue weighted by molar-refractivity contribution is 7.87. The van der Waals surface area contributed by atoms with Gasteiger partial charge < -0.3 is 9.08 Å². The molecule has 0 aliphatic carbocycles. The predicted octanol–water partition coefficient (Wildman–Crippen LogP) is 3.11. The lowest BCUT2D eigenvalue weighted by molar-refractivity contribution is -0.117. The van der Waals surface area contributed by atoms with Crippen molar-refractivity contribution < 1.29 is 17.4 Å². The lowest BCUT2D eigenvalue weighted by atomic mass is 10.2. The highest BCUT2D eigenvalue weighted by atomic mass is 35.5. The summed E-state index contributed by atoms with van der Waals surface area (Å²) in [7, 11) is -4.08. The van der Waals surface area contributed by atoms with Crippen molar-refractivity contribution in [3.63, 3.8) is 0 Å². The number of carbonyl (C=O) groups is 1. The molecule has 25 heavy (non-hydrogen) atoms. The summed E-state index contributed by atoms with van der Waals surface area (Å²) in [4.78, 5) is 13.3. The zero-order chi connectivity index (χ0) is 18.0. The van der Waals surface area contributed by atoms with Crippen LogP contribution in [0.4, 0.5) is 5.69 Å². The molecule has 0 aromatic heterocycles. The summed E-state index contributed by atoms with van der Waals surface area (Å²) >= 11 is 5.94. The molecule has 1 aliphatic heterocycles. The van der Waals surface area contributed by atoms with Gasteiger partial charge in [0.05, 0.1) is 16.7 Å². The molecule has 1 fully saturated rings. The molecule has 1 aliphatic rings.